The molecule has 0 atom stereocenters. The Hall–Kier alpha value is -1.40. The summed E-state index contributed by atoms with van der Waals surface area (Å²) in [6.45, 7) is 0.158. The molecule has 0 aliphatic carbocycles. The highest BCUT2D eigenvalue weighted by Crippen LogP contribution is 2.13. The fourth-order valence-corrected chi connectivity index (χ4v) is 2.11. The van der Waals surface area contributed by atoms with Gasteiger partial charge in [0.1, 0.15) is 5.75 Å². The van der Waals surface area contributed by atoms with Crippen LogP contribution in [0.3, 0.4) is 0 Å². The minimum absolute atomic E-state index is 0.0277. The van der Waals surface area contributed by atoms with E-state index in [0.29, 0.717) is 17.7 Å². The third kappa shape index (κ3) is 4.31. The van der Waals surface area contributed by atoms with Crippen molar-refractivity contribution in [1.29, 1.82) is 0 Å². The third-order valence-electron chi connectivity index (χ3n) is 2.86. The summed E-state index contributed by atoms with van der Waals surface area (Å²) in [6, 6.07) is 14.8. The first-order valence-electron chi connectivity index (χ1n) is 6.30. The highest BCUT2D eigenvalue weighted by atomic mass is 127. The molecule has 4 heteroatoms. The van der Waals surface area contributed by atoms with Gasteiger partial charge in [0.05, 0.1) is 0 Å². The van der Waals surface area contributed by atoms with E-state index in [-0.39, 0.29) is 19.0 Å². The largest absolute Gasteiger partial charge is 0.485 e. The van der Waals surface area contributed by atoms with Crippen LogP contribution in [0.2, 0.25) is 0 Å². The fraction of sp³-hybridized carbons (Fsp3) is 0.188. The van der Waals surface area contributed by atoms with Gasteiger partial charge in [0, 0.05) is 15.7 Å². The summed E-state index contributed by atoms with van der Waals surface area (Å²) in [4.78, 5) is 11.9. The van der Waals surface area contributed by atoms with Crippen LogP contribution in [0.25, 0.3) is 0 Å². The third-order valence-corrected chi connectivity index (χ3v) is 3.58. The standard InChI is InChI=1S/C16H15IO3/c17-14-5-3-13(4-6-14)16(19)11-20-15-7-1-12(2-8-15)9-10-18/h1-8,18H,9-11H2. The lowest BCUT2D eigenvalue weighted by molar-refractivity contribution is 0.0921. The molecule has 0 spiro atoms. The monoisotopic (exact) mass is 382 g/mol. The van der Waals surface area contributed by atoms with Crippen LogP contribution < -0.4 is 4.74 Å². The van der Waals surface area contributed by atoms with Crippen LogP contribution in [0, 0.1) is 3.57 Å². The van der Waals surface area contributed by atoms with Gasteiger partial charge in [-0.15, -0.1) is 0 Å². The molecule has 2 aromatic rings. The number of ether oxygens (including phenoxy) is 1. The summed E-state index contributed by atoms with van der Waals surface area (Å²) >= 11 is 2.20. The van der Waals surface area contributed by atoms with Gasteiger partial charge in [0.25, 0.3) is 0 Å². The predicted molar refractivity (Wildman–Crippen MR) is 86.2 cm³/mol. The van der Waals surface area contributed by atoms with E-state index in [9.17, 15) is 4.79 Å². The number of aliphatic hydroxyl groups is 1. The Bertz CT molecular complexity index is 561. The number of carbonyl (C=O) groups excluding carboxylic acids is 1. The number of benzene rings is 2. The van der Waals surface area contributed by atoms with E-state index in [4.69, 9.17) is 9.84 Å². The van der Waals surface area contributed by atoms with Gasteiger partial charge < -0.3 is 9.84 Å². The Balaban J connectivity index is 1.91. The zero-order valence-electron chi connectivity index (χ0n) is 10.9. The first-order valence-corrected chi connectivity index (χ1v) is 7.38. The fourth-order valence-electron chi connectivity index (χ4n) is 1.75. The molecule has 104 valence electrons. The minimum Gasteiger partial charge on any atom is -0.485 e. The smallest absolute Gasteiger partial charge is 0.200 e. The van der Waals surface area contributed by atoms with Crippen LogP contribution in [-0.4, -0.2) is 24.1 Å². The van der Waals surface area contributed by atoms with Crippen molar-refractivity contribution in [3.63, 3.8) is 0 Å². The van der Waals surface area contributed by atoms with Gasteiger partial charge >= 0.3 is 0 Å². The van der Waals surface area contributed by atoms with Crippen LogP contribution in [-0.2, 0) is 6.42 Å². The molecule has 0 radical (unpaired) electrons. The van der Waals surface area contributed by atoms with Crippen LogP contribution in [0.15, 0.2) is 48.5 Å². The van der Waals surface area contributed by atoms with E-state index in [1.54, 1.807) is 12.1 Å². The molecule has 0 bridgehead atoms. The zero-order chi connectivity index (χ0) is 14.4. The van der Waals surface area contributed by atoms with Crippen molar-refractivity contribution in [2.75, 3.05) is 13.2 Å². The summed E-state index contributed by atoms with van der Waals surface area (Å²) in [5, 5.41) is 8.83. The molecule has 20 heavy (non-hydrogen) atoms. The average Bonchev–Trinajstić information content (AvgIpc) is 2.47. The van der Waals surface area contributed by atoms with E-state index in [1.165, 1.54) is 0 Å². The van der Waals surface area contributed by atoms with E-state index >= 15 is 0 Å². The summed E-state index contributed by atoms with van der Waals surface area (Å²) in [6.07, 6.45) is 0.627. The van der Waals surface area contributed by atoms with Crippen LogP contribution in [0.4, 0.5) is 0 Å². The maximum atomic E-state index is 11.9. The van der Waals surface area contributed by atoms with Crippen molar-refractivity contribution in [2.24, 2.45) is 0 Å². The number of hydrogen-bond acceptors (Lipinski definition) is 3. The molecule has 0 amide bonds. The highest BCUT2D eigenvalue weighted by Gasteiger charge is 2.06. The molecule has 0 saturated carbocycles. The van der Waals surface area contributed by atoms with E-state index in [2.05, 4.69) is 22.6 Å². The minimum atomic E-state index is -0.0409. The number of ketones is 1. The maximum Gasteiger partial charge on any atom is 0.200 e. The van der Waals surface area contributed by atoms with Gasteiger partial charge in [-0.1, -0.05) is 24.3 Å². The predicted octanol–water partition coefficient (Wildman–Crippen LogP) is 3.09. The highest BCUT2D eigenvalue weighted by molar-refractivity contribution is 14.1. The van der Waals surface area contributed by atoms with Crippen molar-refractivity contribution < 1.29 is 14.6 Å². The maximum absolute atomic E-state index is 11.9. The van der Waals surface area contributed by atoms with Gasteiger partial charge in [-0.2, -0.15) is 0 Å². The molecule has 0 saturated heterocycles. The molecule has 0 heterocycles. The Morgan fingerprint density at radius 3 is 2.30 bits per heavy atom. The van der Waals surface area contributed by atoms with Crippen LogP contribution >= 0.6 is 22.6 Å². The molecule has 0 aliphatic rings. The normalized spacial score (nSPS) is 10.3. The Labute approximate surface area is 131 Å². The van der Waals surface area contributed by atoms with Crippen LogP contribution in [0.5, 0.6) is 5.75 Å². The number of Topliss-reactive ketones (excluding diaryl/α,β-unsaturated/α-hetero) is 1. The Morgan fingerprint density at radius 1 is 1.05 bits per heavy atom. The van der Waals surface area contributed by atoms with Crippen molar-refractivity contribution in [3.8, 4) is 5.75 Å². The molecule has 3 nitrogen and oxygen atoms in total. The van der Waals surface area contributed by atoms with Crippen molar-refractivity contribution in [1.82, 2.24) is 0 Å². The lowest BCUT2D eigenvalue weighted by Gasteiger charge is -2.06. The average molecular weight is 382 g/mol. The first kappa shape index (κ1) is 15.0. The van der Waals surface area contributed by atoms with Crippen LogP contribution in [0.1, 0.15) is 15.9 Å². The number of carbonyl (C=O) groups is 1. The van der Waals surface area contributed by atoms with Gasteiger partial charge in [-0.3, -0.25) is 4.79 Å². The second kappa shape index (κ2) is 7.40. The second-order valence-corrected chi connectivity index (χ2v) is 5.58. The molecule has 2 rings (SSSR count). The van der Waals surface area contributed by atoms with Gasteiger partial charge in [0.15, 0.2) is 12.4 Å². The molecule has 0 aliphatic heterocycles. The molecular formula is C16H15IO3. The molecule has 0 unspecified atom stereocenters. The quantitative estimate of drug-likeness (QED) is 0.617. The summed E-state index contributed by atoms with van der Waals surface area (Å²) in [7, 11) is 0. The Kier molecular flexibility index (Phi) is 5.55. The molecule has 0 aromatic heterocycles. The first-order chi connectivity index (χ1) is 9.69. The van der Waals surface area contributed by atoms with E-state index in [1.807, 2.05) is 36.4 Å². The van der Waals surface area contributed by atoms with Crippen molar-refractivity contribution in [2.45, 2.75) is 6.42 Å². The number of aliphatic hydroxyl groups excluding tert-OH is 1. The number of halogens is 1. The van der Waals surface area contributed by atoms with Gasteiger partial charge in [0.2, 0.25) is 0 Å². The van der Waals surface area contributed by atoms with Crippen molar-refractivity contribution >= 4 is 28.4 Å². The van der Waals surface area contributed by atoms with Gasteiger partial charge in [-0.05, 0) is 58.8 Å². The second-order valence-electron chi connectivity index (χ2n) is 4.34. The zero-order valence-corrected chi connectivity index (χ0v) is 13.0. The lowest BCUT2D eigenvalue weighted by Crippen LogP contribution is -2.11. The summed E-state index contributed by atoms with van der Waals surface area (Å²) in [5.74, 6) is 0.617. The molecule has 1 N–H and O–H groups in total. The summed E-state index contributed by atoms with van der Waals surface area (Å²) < 4.78 is 6.57. The lowest BCUT2D eigenvalue weighted by atomic mass is 10.1. The molecule has 2 aromatic carbocycles. The van der Waals surface area contributed by atoms with Gasteiger partial charge in [-0.25, -0.2) is 0 Å². The Morgan fingerprint density at radius 2 is 1.70 bits per heavy atom. The summed E-state index contributed by atoms with van der Waals surface area (Å²) in [5.41, 5.74) is 1.70. The number of hydrogen-bond donors (Lipinski definition) is 1. The van der Waals surface area contributed by atoms with E-state index in [0.717, 1.165) is 9.13 Å². The topological polar surface area (TPSA) is 46.5 Å². The molecular weight excluding hydrogens is 367 g/mol. The SMILES string of the molecule is O=C(COc1ccc(CCO)cc1)c1ccc(I)cc1. The van der Waals surface area contributed by atoms with E-state index < -0.39 is 0 Å². The molecule has 0 fully saturated rings. The number of rotatable bonds is 6. The van der Waals surface area contributed by atoms with Crippen molar-refractivity contribution in [3.05, 3.63) is 63.2 Å².